The molecule has 21 heavy (non-hydrogen) atoms. The maximum atomic E-state index is 12.2. The number of para-hydroxylation sites is 2. The fourth-order valence-corrected chi connectivity index (χ4v) is 2.21. The van der Waals surface area contributed by atoms with Crippen molar-refractivity contribution in [3.05, 3.63) is 47.3 Å². The number of rotatable bonds is 4. The molecule has 2 rings (SSSR count). The number of hydrogen-bond acceptors (Lipinski definition) is 4. The van der Waals surface area contributed by atoms with Gasteiger partial charge in [0.1, 0.15) is 5.56 Å². The number of nitrogens with two attached hydrogens (primary N) is 1. The zero-order valence-electron chi connectivity index (χ0n) is 12.5. The number of esters is 1. The molecule has 0 aliphatic heterocycles. The predicted molar refractivity (Wildman–Crippen MR) is 82.6 cm³/mol. The smallest absolute Gasteiger partial charge is 0.346 e. The van der Waals surface area contributed by atoms with Crippen molar-refractivity contribution >= 4 is 23.0 Å². The molecule has 5 nitrogen and oxygen atoms in total. The molecule has 0 spiro atoms. The molecule has 110 valence electrons. The van der Waals surface area contributed by atoms with Gasteiger partial charge < -0.3 is 15.8 Å². The first-order valence-electron chi connectivity index (χ1n) is 6.85. The summed E-state index contributed by atoms with van der Waals surface area (Å²) in [7, 11) is 0. The van der Waals surface area contributed by atoms with Crippen LogP contribution in [-0.2, 0) is 4.74 Å². The van der Waals surface area contributed by atoms with E-state index in [4.69, 9.17) is 10.5 Å². The van der Waals surface area contributed by atoms with Crippen molar-refractivity contribution in [2.45, 2.75) is 20.8 Å². The first-order valence-corrected chi connectivity index (χ1v) is 6.85. The number of anilines is 3. The highest BCUT2D eigenvalue weighted by Crippen LogP contribution is 2.26. The second-order valence-electron chi connectivity index (χ2n) is 4.80. The van der Waals surface area contributed by atoms with Gasteiger partial charge in [0.15, 0.2) is 11.4 Å². The van der Waals surface area contributed by atoms with Gasteiger partial charge in [0, 0.05) is 19.9 Å². The molecule has 0 saturated carbocycles. The van der Waals surface area contributed by atoms with Crippen molar-refractivity contribution in [3.63, 3.8) is 0 Å². The van der Waals surface area contributed by atoms with E-state index in [1.54, 1.807) is 13.0 Å². The number of ether oxygens (including phenoxy) is 1. The molecule has 2 aromatic rings. The maximum absolute atomic E-state index is 12.2. The minimum atomic E-state index is -0.358. The molecule has 1 heterocycles. The summed E-state index contributed by atoms with van der Waals surface area (Å²) in [5.41, 5.74) is 10.2. The van der Waals surface area contributed by atoms with Crippen LogP contribution in [0.2, 0.25) is 0 Å². The Bertz CT molecular complexity index is 669. The number of carbonyl (C=O) groups is 1. The fourth-order valence-electron chi connectivity index (χ4n) is 2.21. The molecule has 0 saturated heterocycles. The molecule has 0 unspecified atom stereocenters. The average molecular weight is 286 g/mol. The summed E-state index contributed by atoms with van der Waals surface area (Å²) in [6.45, 7) is 5.90. The second kappa shape index (κ2) is 6.26. The van der Waals surface area contributed by atoms with Crippen molar-refractivity contribution in [2.24, 2.45) is 0 Å². The van der Waals surface area contributed by atoms with Crippen LogP contribution in [0.3, 0.4) is 0 Å². The number of benzene rings is 1. The van der Waals surface area contributed by atoms with Crippen LogP contribution in [0.1, 0.15) is 28.7 Å². The summed E-state index contributed by atoms with van der Waals surface area (Å²) in [5.74, 6) is -0.358. The third-order valence-corrected chi connectivity index (χ3v) is 3.10. The number of nitrogen functional groups attached to an aromatic ring is 1. The Balaban J connectivity index is 2.47. The van der Waals surface area contributed by atoms with E-state index in [1.165, 1.54) is 0 Å². The Hall–Kier alpha value is -2.56. The molecular weight excluding hydrogens is 266 g/mol. The van der Waals surface area contributed by atoms with Gasteiger partial charge in [-0.3, -0.25) is 0 Å². The number of aromatic amines is 1. The van der Waals surface area contributed by atoms with Crippen molar-refractivity contribution < 1.29 is 14.5 Å². The topological polar surface area (TPSA) is 78.5 Å². The minimum absolute atomic E-state index is 0.332. The standard InChI is InChI=1S/C16H19N3O2/c1-4-21-16(20)15-11(3)18-10(2)9-14(15)19-13-8-6-5-7-12(13)17/h5-9H,4,17H2,1-3H3,(H,18,19)/p+1. The lowest BCUT2D eigenvalue weighted by molar-refractivity contribution is -0.396. The second-order valence-corrected chi connectivity index (χ2v) is 4.80. The van der Waals surface area contributed by atoms with E-state index < -0.39 is 0 Å². The van der Waals surface area contributed by atoms with Gasteiger partial charge >= 0.3 is 5.97 Å². The van der Waals surface area contributed by atoms with E-state index >= 15 is 0 Å². The van der Waals surface area contributed by atoms with Crippen LogP contribution in [0.5, 0.6) is 0 Å². The van der Waals surface area contributed by atoms with Gasteiger partial charge in [-0.25, -0.2) is 9.78 Å². The quantitative estimate of drug-likeness (QED) is 0.669. The van der Waals surface area contributed by atoms with Crippen molar-refractivity contribution in [2.75, 3.05) is 17.7 Å². The Morgan fingerprint density at radius 2 is 2.00 bits per heavy atom. The molecular formula is C16H20N3O2+. The summed E-state index contributed by atoms with van der Waals surface area (Å²) < 4.78 is 5.13. The van der Waals surface area contributed by atoms with Crippen LogP contribution in [0.4, 0.5) is 17.1 Å². The molecule has 4 N–H and O–H groups in total. The highest BCUT2D eigenvalue weighted by molar-refractivity contribution is 5.97. The SMILES string of the molecule is CCOC(=O)c1c(Nc2ccccc2N)cc(C)[nH+]c1C. The summed E-state index contributed by atoms with van der Waals surface area (Å²) in [6, 6.07) is 9.29. The number of pyridine rings is 1. The lowest BCUT2D eigenvalue weighted by Crippen LogP contribution is -2.21. The Morgan fingerprint density at radius 3 is 2.67 bits per heavy atom. The van der Waals surface area contributed by atoms with Gasteiger partial charge in [-0.05, 0) is 19.1 Å². The van der Waals surface area contributed by atoms with E-state index in [-0.39, 0.29) is 5.97 Å². The Morgan fingerprint density at radius 1 is 1.29 bits per heavy atom. The Kier molecular flexibility index (Phi) is 4.42. The molecule has 0 aliphatic rings. The van der Waals surface area contributed by atoms with E-state index in [0.717, 1.165) is 17.1 Å². The highest BCUT2D eigenvalue weighted by atomic mass is 16.5. The first kappa shape index (κ1) is 14.8. The predicted octanol–water partition coefficient (Wildman–Crippen LogP) is 2.62. The number of aryl methyl sites for hydroxylation is 2. The number of aromatic nitrogens is 1. The van der Waals surface area contributed by atoms with Crippen molar-refractivity contribution in [1.82, 2.24) is 0 Å². The van der Waals surface area contributed by atoms with Gasteiger partial charge in [0.25, 0.3) is 0 Å². The third-order valence-electron chi connectivity index (χ3n) is 3.10. The van der Waals surface area contributed by atoms with Crippen LogP contribution in [-0.4, -0.2) is 12.6 Å². The molecule has 0 atom stereocenters. The number of H-pyrrole nitrogens is 1. The first-order chi connectivity index (χ1) is 10.0. The lowest BCUT2D eigenvalue weighted by Gasteiger charge is -2.13. The Labute approximate surface area is 124 Å². The van der Waals surface area contributed by atoms with Crippen LogP contribution < -0.4 is 16.0 Å². The summed E-state index contributed by atoms with van der Waals surface area (Å²) in [4.78, 5) is 15.3. The van der Waals surface area contributed by atoms with Gasteiger partial charge in [-0.1, -0.05) is 12.1 Å². The van der Waals surface area contributed by atoms with E-state index in [2.05, 4.69) is 10.3 Å². The van der Waals surface area contributed by atoms with E-state index in [1.807, 2.05) is 38.1 Å². The summed E-state index contributed by atoms with van der Waals surface area (Å²) >= 11 is 0. The van der Waals surface area contributed by atoms with Gasteiger partial charge in [-0.2, -0.15) is 0 Å². The molecule has 5 heteroatoms. The van der Waals surface area contributed by atoms with Gasteiger partial charge in [0.2, 0.25) is 0 Å². The third kappa shape index (κ3) is 3.31. The fraction of sp³-hybridized carbons (Fsp3) is 0.250. The van der Waals surface area contributed by atoms with Crippen molar-refractivity contribution in [1.29, 1.82) is 0 Å². The van der Waals surface area contributed by atoms with Crippen LogP contribution in [0.15, 0.2) is 30.3 Å². The molecule has 0 bridgehead atoms. The molecule has 0 radical (unpaired) electrons. The monoisotopic (exact) mass is 286 g/mol. The zero-order valence-corrected chi connectivity index (χ0v) is 12.5. The van der Waals surface area contributed by atoms with Crippen LogP contribution in [0.25, 0.3) is 0 Å². The van der Waals surface area contributed by atoms with Gasteiger partial charge in [0.05, 0.1) is 23.7 Å². The lowest BCUT2D eigenvalue weighted by atomic mass is 10.1. The molecule has 0 fully saturated rings. The van der Waals surface area contributed by atoms with Crippen molar-refractivity contribution in [3.8, 4) is 0 Å². The van der Waals surface area contributed by atoms with Gasteiger partial charge in [-0.15, -0.1) is 0 Å². The summed E-state index contributed by atoms with van der Waals surface area (Å²) in [5, 5.41) is 3.22. The molecule has 1 aromatic heterocycles. The largest absolute Gasteiger partial charge is 0.462 e. The average Bonchev–Trinajstić information content (AvgIpc) is 2.41. The number of hydrogen-bond donors (Lipinski definition) is 2. The van der Waals surface area contributed by atoms with E-state index in [9.17, 15) is 4.79 Å². The number of carbonyl (C=O) groups excluding carboxylic acids is 1. The number of nitrogens with one attached hydrogen (secondary N) is 2. The molecule has 0 amide bonds. The molecule has 1 aromatic carbocycles. The minimum Gasteiger partial charge on any atom is -0.462 e. The maximum Gasteiger partial charge on any atom is 0.346 e. The summed E-state index contributed by atoms with van der Waals surface area (Å²) in [6.07, 6.45) is 0. The zero-order chi connectivity index (χ0) is 15.4. The van der Waals surface area contributed by atoms with E-state index in [0.29, 0.717) is 23.5 Å². The van der Waals surface area contributed by atoms with Crippen LogP contribution >= 0.6 is 0 Å². The van der Waals surface area contributed by atoms with Crippen LogP contribution in [0, 0.1) is 13.8 Å². The highest BCUT2D eigenvalue weighted by Gasteiger charge is 2.22. The molecule has 0 aliphatic carbocycles. The normalized spacial score (nSPS) is 10.2.